The zero-order valence-electron chi connectivity index (χ0n) is 14.1. The monoisotopic (exact) mass is 312 g/mol. The predicted molar refractivity (Wildman–Crippen MR) is 93.4 cm³/mol. The number of hydrogen-bond donors (Lipinski definition) is 0. The van der Waals surface area contributed by atoms with E-state index in [1.54, 1.807) is 6.20 Å². The third-order valence-electron chi connectivity index (χ3n) is 4.23. The lowest BCUT2D eigenvalue weighted by atomic mass is 10.2. The molecule has 0 aliphatic carbocycles. The molecule has 0 bridgehead atoms. The van der Waals surface area contributed by atoms with Crippen LogP contribution in [0.15, 0.2) is 30.5 Å². The van der Waals surface area contributed by atoms with Gasteiger partial charge in [-0.15, -0.1) is 5.10 Å². The van der Waals surface area contributed by atoms with Gasteiger partial charge in [-0.05, 0) is 38.6 Å². The van der Waals surface area contributed by atoms with Gasteiger partial charge in [0.15, 0.2) is 5.82 Å². The van der Waals surface area contributed by atoms with E-state index >= 15 is 0 Å². The van der Waals surface area contributed by atoms with E-state index in [0.717, 1.165) is 50.2 Å². The fourth-order valence-corrected chi connectivity index (χ4v) is 2.83. The van der Waals surface area contributed by atoms with Crippen LogP contribution < -0.4 is 9.80 Å². The third kappa shape index (κ3) is 3.59. The van der Waals surface area contributed by atoms with Crippen LogP contribution in [-0.2, 0) is 0 Å². The summed E-state index contributed by atoms with van der Waals surface area (Å²) in [7, 11) is 2.14. The van der Waals surface area contributed by atoms with E-state index < -0.39 is 0 Å². The Bertz CT molecular complexity index is 651. The van der Waals surface area contributed by atoms with Crippen LogP contribution in [0, 0.1) is 6.92 Å². The fraction of sp³-hybridized carbons (Fsp3) is 0.471. The molecule has 23 heavy (non-hydrogen) atoms. The van der Waals surface area contributed by atoms with Gasteiger partial charge < -0.3 is 14.7 Å². The van der Waals surface area contributed by atoms with Gasteiger partial charge in [0.2, 0.25) is 5.95 Å². The van der Waals surface area contributed by atoms with Crippen LogP contribution in [0.2, 0.25) is 0 Å². The Morgan fingerprint density at radius 3 is 2.65 bits per heavy atom. The Hall–Kier alpha value is -2.21. The minimum absolute atomic E-state index is 0.724. The van der Waals surface area contributed by atoms with E-state index in [1.165, 1.54) is 5.56 Å². The number of aromatic nitrogens is 3. The van der Waals surface area contributed by atoms with Crippen LogP contribution in [0.3, 0.4) is 0 Å². The van der Waals surface area contributed by atoms with Crippen LogP contribution in [-0.4, -0.2) is 59.9 Å². The molecule has 1 aromatic carbocycles. The summed E-state index contributed by atoms with van der Waals surface area (Å²) in [5, 5.41) is 8.42. The number of aryl methyl sites for hydroxylation is 1. The summed E-state index contributed by atoms with van der Waals surface area (Å²) in [6.07, 6.45) is 1.74. The number of nitrogens with zero attached hydrogens (tertiary/aromatic N) is 6. The standard InChI is InChI=1S/C17H24N6/c1-4-23(15-7-5-6-14(2)12-15)16-13-18-20-17(19-16)22-10-8-21(3)9-11-22/h5-7,12-13H,4,8-11H2,1-3H3. The van der Waals surface area contributed by atoms with E-state index in [9.17, 15) is 0 Å². The second-order valence-electron chi connectivity index (χ2n) is 5.99. The van der Waals surface area contributed by atoms with Crippen molar-refractivity contribution < 1.29 is 0 Å². The smallest absolute Gasteiger partial charge is 0.247 e. The predicted octanol–water partition coefficient (Wildman–Crippen LogP) is 2.09. The van der Waals surface area contributed by atoms with Crippen molar-refractivity contribution in [1.82, 2.24) is 20.1 Å². The van der Waals surface area contributed by atoms with Gasteiger partial charge in [-0.2, -0.15) is 10.1 Å². The number of piperazine rings is 1. The average Bonchev–Trinajstić information content (AvgIpc) is 2.57. The van der Waals surface area contributed by atoms with Gasteiger partial charge in [-0.3, -0.25) is 0 Å². The summed E-state index contributed by atoms with van der Waals surface area (Å²) in [6, 6.07) is 8.45. The molecule has 122 valence electrons. The van der Waals surface area contributed by atoms with Crippen LogP contribution in [0.25, 0.3) is 0 Å². The molecule has 6 nitrogen and oxygen atoms in total. The van der Waals surface area contributed by atoms with E-state index in [4.69, 9.17) is 4.98 Å². The molecule has 1 aromatic heterocycles. The molecule has 0 saturated carbocycles. The summed E-state index contributed by atoms with van der Waals surface area (Å²) in [5.74, 6) is 1.57. The number of likely N-dealkylation sites (N-methyl/N-ethyl adjacent to an activating group) is 1. The van der Waals surface area contributed by atoms with Crippen molar-refractivity contribution in [3.05, 3.63) is 36.0 Å². The van der Waals surface area contributed by atoms with E-state index in [-0.39, 0.29) is 0 Å². The minimum Gasteiger partial charge on any atom is -0.337 e. The second kappa shape index (κ2) is 6.91. The Balaban J connectivity index is 1.85. The van der Waals surface area contributed by atoms with Gasteiger partial charge in [-0.25, -0.2) is 0 Å². The topological polar surface area (TPSA) is 48.4 Å². The van der Waals surface area contributed by atoms with Crippen LogP contribution >= 0.6 is 0 Å². The normalized spacial score (nSPS) is 15.7. The Morgan fingerprint density at radius 1 is 1.17 bits per heavy atom. The fourth-order valence-electron chi connectivity index (χ4n) is 2.83. The molecule has 0 atom stereocenters. The summed E-state index contributed by atoms with van der Waals surface area (Å²) < 4.78 is 0. The van der Waals surface area contributed by atoms with Gasteiger partial charge >= 0.3 is 0 Å². The van der Waals surface area contributed by atoms with Crippen molar-refractivity contribution in [3.63, 3.8) is 0 Å². The molecule has 0 unspecified atom stereocenters. The molecule has 3 rings (SSSR count). The molecule has 1 fully saturated rings. The number of hydrogen-bond acceptors (Lipinski definition) is 6. The first kappa shape index (κ1) is 15.7. The van der Waals surface area contributed by atoms with Crippen molar-refractivity contribution in [1.29, 1.82) is 0 Å². The highest BCUT2D eigenvalue weighted by Gasteiger charge is 2.18. The highest BCUT2D eigenvalue weighted by molar-refractivity contribution is 5.60. The van der Waals surface area contributed by atoms with Crippen LogP contribution in [0.1, 0.15) is 12.5 Å². The lowest BCUT2D eigenvalue weighted by Crippen LogP contribution is -2.45. The molecule has 1 saturated heterocycles. The number of rotatable bonds is 4. The van der Waals surface area contributed by atoms with Crippen LogP contribution in [0.4, 0.5) is 17.5 Å². The zero-order chi connectivity index (χ0) is 16.2. The molecular formula is C17H24N6. The van der Waals surface area contributed by atoms with Gasteiger partial charge in [-0.1, -0.05) is 12.1 Å². The van der Waals surface area contributed by atoms with E-state index in [1.807, 2.05) is 0 Å². The first-order chi connectivity index (χ1) is 11.2. The third-order valence-corrected chi connectivity index (χ3v) is 4.23. The molecule has 6 heteroatoms. The Labute approximate surface area is 137 Å². The number of anilines is 3. The van der Waals surface area contributed by atoms with E-state index in [0.29, 0.717) is 0 Å². The summed E-state index contributed by atoms with van der Waals surface area (Å²) in [4.78, 5) is 11.5. The first-order valence-corrected chi connectivity index (χ1v) is 8.15. The Kier molecular flexibility index (Phi) is 4.71. The molecule has 1 aliphatic heterocycles. The first-order valence-electron chi connectivity index (χ1n) is 8.15. The van der Waals surface area contributed by atoms with Crippen LogP contribution in [0.5, 0.6) is 0 Å². The molecule has 0 spiro atoms. The van der Waals surface area contributed by atoms with Crippen molar-refractivity contribution >= 4 is 17.5 Å². The van der Waals surface area contributed by atoms with Crippen molar-refractivity contribution in [3.8, 4) is 0 Å². The lowest BCUT2D eigenvalue weighted by molar-refractivity contribution is 0.311. The van der Waals surface area contributed by atoms with Crippen molar-refractivity contribution in [2.75, 3.05) is 49.6 Å². The summed E-state index contributed by atoms with van der Waals surface area (Å²) in [5.41, 5.74) is 2.37. The molecule has 0 radical (unpaired) electrons. The van der Waals surface area contributed by atoms with Gasteiger partial charge in [0.05, 0.1) is 6.20 Å². The van der Waals surface area contributed by atoms with Crippen molar-refractivity contribution in [2.24, 2.45) is 0 Å². The molecular weight excluding hydrogens is 288 g/mol. The molecule has 0 N–H and O–H groups in total. The SMILES string of the molecule is CCN(c1cccc(C)c1)c1cnnc(N2CCN(C)CC2)n1. The quantitative estimate of drug-likeness (QED) is 0.861. The van der Waals surface area contributed by atoms with E-state index in [2.05, 4.69) is 70.1 Å². The van der Waals surface area contributed by atoms with Gasteiger partial charge in [0.25, 0.3) is 0 Å². The molecule has 0 amide bonds. The lowest BCUT2D eigenvalue weighted by Gasteiger charge is -2.32. The number of benzene rings is 1. The summed E-state index contributed by atoms with van der Waals surface area (Å²) in [6.45, 7) is 9.01. The second-order valence-corrected chi connectivity index (χ2v) is 5.99. The maximum Gasteiger partial charge on any atom is 0.247 e. The van der Waals surface area contributed by atoms with Gasteiger partial charge in [0.1, 0.15) is 0 Å². The minimum atomic E-state index is 0.724. The van der Waals surface area contributed by atoms with Crippen molar-refractivity contribution in [2.45, 2.75) is 13.8 Å². The highest BCUT2D eigenvalue weighted by Crippen LogP contribution is 2.24. The molecule has 2 heterocycles. The maximum atomic E-state index is 4.76. The maximum absolute atomic E-state index is 4.76. The molecule has 2 aromatic rings. The van der Waals surface area contributed by atoms with Gasteiger partial charge in [0, 0.05) is 38.4 Å². The summed E-state index contributed by atoms with van der Waals surface area (Å²) >= 11 is 0. The average molecular weight is 312 g/mol. The molecule has 1 aliphatic rings. The largest absolute Gasteiger partial charge is 0.337 e. The Morgan fingerprint density at radius 2 is 1.96 bits per heavy atom. The zero-order valence-corrected chi connectivity index (χ0v) is 14.1. The highest BCUT2D eigenvalue weighted by atomic mass is 15.4.